The Bertz CT molecular complexity index is 713. The van der Waals surface area contributed by atoms with E-state index in [9.17, 15) is 0 Å². The van der Waals surface area contributed by atoms with Gasteiger partial charge in [-0.15, -0.1) is 11.3 Å². The van der Waals surface area contributed by atoms with E-state index in [1.54, 1.807) is 11.3 Å². The van der Waals surface area contributed by atoms with Gasteiger partial charge in [0.15, 0.2) is 6.23 Å². The van der Waals surface area contributed by atoms with Gasteiger partial charge in [-0.2, -0.15) is 5.10 Å². The summed E-state index contributed by atoms with van der Waals surface area (Å²) < 4.78 is 6.17. The molecule has 2 aliphatic heterocycles. The largest absolute Gasteiger partial charge is 0.469 e. The fraction of sp³-hybridized carbons (Fsp3) is 0.353. The van der Waals surface area contributed by atoms with Crippen molar-refractivity contribution in [2.75, 3.05) is 0 Å². The molecule has 0 saturated heterocycles. The Morgan fingerprint density at radius 3 is 3.09 bits per heavy atom. The number of hydrogen-bond acceptors (Lipinski definition) is 4. The van der Waals surface area contributed by atoms with Gasteiger partial charge in [0.25, 0.3) is 0 Å². The van der Waals surface area contributed by atoms with Gasteiger partial charge in [0.1, 0.15) is 5.75 Å². The Labute approximate surface area is 139 Å². The van der Waals surface area contributed by atoms with Crippen molar-refractivity contribution in [1.82, 2.24) is 5.01 Å². The van der Waals surface area contributed by atoms with Gasteiger partial charge >= 0.3 is 0 Å². The summed E-state index contributed by atoms with van der Waals surface area (Å²) >= 11 is 7.93. The van der Waals surface area contributed by atoms with Gasteiger partial charge in [0, 0.05) is 23.4 Å². The van der Waals surface area contributed by atoms with E-state index in [0.29, 0.717) is 0 Å². The Hall–Kier alpha value is -1.52. The highest BCUT2D eigenvalue weighted by Gasteiger charge is 2.40. The second kappa shape index (κ2) is 5.60. The van der Waals surface area contributed by atoms with E-state index in [1.165, 1.54) is 4.88 Å². The highest BCUT2D eigenvalue weighted by atomic mass is 35.5. The first kappa shape index (κ1) is 14.1. The predicted molar refractivity (Wildman–Crippen MR) is 90.8 cm³/mol. The molecule has 2 aliphatic rings. The van der Waals surface area contributed by atoms with Gasteiger partial charge in [0.05, 0.1) is 16.6 Å². The molecule has 0 fully saturated rings. The number of hydrogen-bond donors (Lipinski definition) is 0. The van der Waals surface area contributed by atoms with Gasteiger partial charge in [-0.1, -0.05) is 31.0 Å². The van der Waals surface area contributed by atoms with Crippen LogP contribution in [0.1, 0.15) is 42.7 Å². The molecule has 0 spiro atoms. The van der Waals surface area contributed by atoms with Crippen LogP contribution < -0.4 is 4.74 Å². The van der Waals surface area contributed by atoms with Crippen LogP contribution in [0.3, 0.4) is 0 Å². The Morgan fingerprint density at radius 2 is 2.32 bits per heavy atom. The maximum absolute atomic E-state index is 6.19. The fourth-order valence-electron chi connectivity index (χ4n) is 3.16. The minimum absolute atomic E-state index is 0.0149. The summed E-state index contributed by atoms with van der Waals surface area (Å²) in [6, 6.07) is 10.3. The second-order valence-electron chi connectivity index (χ2n) is 5.67. The van der Waals surface area contributed by atoms with E-state index in [0.717, 1.165) is 41.3 Å². The molecular weight excluding hydrogens is 316 g/mol. The van der Waals surface area contributed by atoms with Crippen LogP contribution in [-0.4, -0.2) is 16.9 Å². The molecule has 114 valence electrons. The van der Waals surface area contributed by atoms with Crippen molar-refractivity contribution in [1.29, 1.82) is 0 Å². The zero-order valence-corrected chi connectivity index (χ0v) is 13.9. The van der Waals surface area contributed by atoms with Crippen molar-refractivity contribution in [2.45, 2.75) is 38.5 Å². The molecule has 2 atom stereocenters. The molecule has 5 heteroatoms. The standard InChI is InChI=1S/C17H17ClN2OS/c1-2-4-17-20-14(10-13(19-20)16-5-3-8-22-16)12-9-11(18)6-7-15(12)21-17/h3,5-9,14,17H,2,4,10H2,1H3/t14-,17+/m1/s1. The quantitative estimate of drug-likeness (QED) is 0.783. The van der Waals surface area contributed by atoms with E-state index in [-0.39, 0.29) is 12.3 Å². The van der Waals surface area contributed by atoms with Crippen LogP contribution >= 0.6 is 22.9 Å². The molecule has 0 N–H and O–H groups in total. The van der Waals surface area contributed by atoms with Crippen molar-refractivity contribution < 1.29 is 4.74 Å². The van der Waals surface area contributed by atoms with E-state index in [2.05, 4.69) is 29.4 Å². The maximum atomic E-state index is 6.19. The number of rotatable bonds is 3. The van der Waals surface area contributed by atoms with Crippen molar-refractivity contribution in [3.8, 4) is 5.75 Å². The lowest BCUT2D eigenvalue weighted by Gasteiger charge is -2.38. The van der Waals surface area contributed by atoms with E-state index in [4.69, 9.17) is 21.4 Å². The number of ether oxygens (including phenoxy) is 1. The molecule has 0 saturated carbocycles. The first-order valence-electron chi connectivity index (χ1n) is 7.62. The van der Waals surface area contributed by atoms with Crippen molar-refractivity contribution in [2.24, 2.45) is 5.10 Å². The van der Waals surface area contributed by atoms with Gasteiger partial charge in [-0.25, -0.2) is 0 Å². The Morgan fingerprint density at radius 1 is 1.41 bits per heavy atom. The summed E-state index contributed by atoms with van der Waals surface area (Å²) in [6.45, 7) is 2.18. The molecule has 0 radical (unpaired) electrons. The minimum Gasteiger partial charge on any atom is -0.469 e. The van der Waals surface area contributed by atoms with E-state index >= 15 is 0 Å². The molecule has 0 bridgehead atoms. The molecule has 0 aliphatic carbocycles. The first-order valence-corrected chi connectivity index (χ1v) is 8.88. The summed E-state index contributed by atoms with van der Waals surface area (Å²) in [4.78, 5) is 1.24. The Balaban J connectivity index is 1.74. The molecule has 2 aromatic rings. The third-order valence-corrected chi connectivity index (χ3v) is 5.33. The van der Waals surface area contributed by atoms with Crippen molar-refractivity contribution in [3.63, 3.8) is 0 Å². The molecule has 1 aromatic heterocycles. The van der Waals surface area contributed by atoms with E-state index < -0.39 is 0 Å². The van der Waals surface area contributed by atoms with Crippen molar-refractivity contribution >= 4 is 28.6 Å². The van der Waals surface area contributed by atoms with Crippen LogP contribution in [0.25, 0.3) is 0 Å². The molecule has 0 amide bonds. The van der Waals surface area contributed by atoms with Gasteiger partial charge in [-0.3, -0.25) is 5.01 Å². The van der Waals surface area contributed by atoms with Gasteiger partial charge in [0.2, 0.25) is 0 Å². The average Bonchev–Trinajstić information content (AvgIpc) is 3.17. The topological polar surface area (TPSA) is 24.8 Å². The molecule has 4 rings (SSSR count). The lowest BCUT2D eigenvalue weighted by atomic mass is 9.98. The third-order valence-electron chi connectivity index (χ3n) is 4.17. The second-order valence-corrected chi connectivity index (χ2v) is 7.05. The maximum Gasteiger partial charge on any atom is 0.187 e. The summed E-state index contributed by atoms with van der Waals surface area (Å²) in [5, 5.41) is 9.86. The summed E-state index contributed by atoms with van der Waals surface area (Å²) in [7, 11) is 0. The zero-order valence-electron chi connectivity index (χ0n) is 12.3. The number of hydrazone groups is 1. The molecule has 0 unspecified atom stereocenters. The predicted octanol–water partition coefficient (Wildman–Crippen LogP) is 5.07. The lowest BCUT2D eigenvalue weighted by molar-refractivity contribution is -0.0223. The number of fused-ring (bicyclic) bond motifs is 3. The summed E-state index contributed by atoms with van der Waals surface area (Å²) in [6.07, 6.45) is 2.97. The van der Waals surface area contributed by atoms with Crippen LogP contribution in [0.5, 0.6) is 5.75 Å². The monoisotopic (exact) mass is 332 g/mol. The van der Waals surface area contributed by atoms with Gasteiger partial charge in [-0.05, 0) is 29.6 Å². The highest BCUT2D eigenvalue weighted by molar-refractivity contribution is 7.12. The summed E-state index contributed by atoms with van der Waals surface area (Å²) in [5.41, 5.74) is 2.30. The SMILES string of the molecule is CCC[C@@H]1Oc2ccc(Cl)cc2[C@H]2CC(c3cccs3)=NN12. The average molecular weight is 333 g/mol. The number of thiophene rings is 1. The van der Waals surface area contributed by atoms with Crippen molar-refractivity contribution in [3.05, 3.63) is 51.2 Å². The van der Waals surface area contributed by atoms with E-state index in [1.807, 2.05) is 18.2 Å². The number of halogens is 1. The smallest absolute Gasteiger partial charge is 0.187 e. The molecule has 1 aromatic carbocycles. The van der Waals surface area contributed by atoms with Crippen LogP contribution in [0.15, 0.2) is 40.8 Å². The van der Waals surface area contributed by atoms with Crippen LogP contribution in [0.2, 0.25) is 5.02 Å². The zero-order chi connectivity index (χ0) is 15.1. The molecule has 22 heavy (non-hydrogen) atoms. The van der Waals surface area contributed by atoms with Crippen LogP contribution in [-0.2, 0) is 0 Å². The molecular formula is C17H17ClN2OS. The third kappa shape index (κ3) is 2.31. The van der Waals surface area contributed by atoms with Crippen LogP contribution in [0.4, 0.5) is 0 Å². The first-order chi connectivity index (χ1) is 10.8. The highest BCUT2D eigenvalue weighted by Crippen LogP contribution is 2.44. The Kier molecular flexibility index (Phi) is 3.59. The molecule has 3 nitrogen and oxygen atoms in total. The minimum atomic E-state index is 0.0149. The fourth-order valence-corrected chi connectivity index (χ4v) is 4.06. The van der Waals surface area contributed by atoms with Gasteiger partial charge < -0.3 is 4.74 Å². The number of nitrogens with zero attached hydrogens (tertiary/aromatic N) is 2. The molecule has 3 heterocycles. The summed E-state index contributed by atoms with van der Waals surface area (Å²) in [5.74, 6) is 0.951. The normalized spacial score (nSPS) is 22.8. The van der Waals surface area contributed by atoms with Crippen LogP contribution in [0, 0.1) is 0 Å². The lowest BCUT2D eigenvalue weighted by Crippen LogP contribution is -2.40. The number of benzene rings is 1.